The third-order valence-corrected chi connectivity index (χ3v) is 5.19. The van der Waals surface area contributed by atoms with Crippen LogP contribution in [0.25, 0.3) is 0 Å². The summed E-state index contributed by atoms with van der Waals surface area (Å²) in [6, 6.07) is 7.90. The molecular weight excluding hydrogens is 368 g/mol. The van der Waals surface area contributed by atoms with Gasteiger partial charge in [0, 0.05) is 44.5 Å². The third kappa shape index (κ3) is 6.26. The van der Waals surface area contributed by atoms with Gasteiger partial charge < -0.3 is 19.3 Å². The van der Waals surface area contributed by atoms with Crippen LogP contribution in [0, 0.1) is 11.3 Å². The predicted octanol–water partition coefficient (Wildman–Crippen LogP) is 3.09. The summed E-state index contributed by atoms with van der Waals surface area (Å²) >= 11 is 0. The summed E-state index contributed by atoms with van der Waals surface area (Å²) in [7, 11) is 0. The number of anilines is 1. The molecule has 0 N–H and O–H groups in total. The minimum absolute atomic E-state index is 0.270. The number of carbonyl (C=O) groups is 1. The Balaban J connectivity index is 1.57. The highest BCUT2D eigenvalue weighted by molar-refractivity contribution is 5.69. The SMILES string of the molecule is CC(C)(C)OC(=O)N1CCN(c2cc(C#N)cc(OCCN3CCCC3)c2)CC1. The van der Waals surface area contributed by atoms with Crippen LogP contribution < -0.4 is 9.64 Å². The molecule has 3 rings (SSSR count). The topological polar surface area (TPSA) is 69.0 Å². The van der Waals surface area contributed by atoms with Gasteiger partial charge in [0.05, 0.1) is 11.6 Å². The molecular formula is C22H32N4O3. The van der Waals surface area contributed by atoms with Crippen LogP contribution >= 0.6 is 0 Å². The molecule has 0 unspecified atom stereocenters. The van der Waals surface area contributed by atoms with Crippen molar-refractivity contribution in [3.63, 3.8) is 0 Å². The lowest BCUT2D eigenvalue weighted by Gasteiger charge is -2.36. The van der Waals surface area contributed by atoms with Gasteiger partial charge in [-0.25, -0.2) is 4.79 Å². The lowest BCUT2D eigenvalue weighted by atomic mass is 10.1. The molecule has 0 saturated carbocycles. The van der Waals surface area contributed by atoms with E-state index in [9.17, 15) is 10.1 Å². The number of benzene rings is 1. The number of carbonyl (C=O) groups excluding carboxylic acids is 1. The van der Waals surface area contributed by atoms with E-state index in [1.807, 2.05) is 32.9 Å². The van der Waals surface area contributed by atoms with Crippen LogP contribution in [-0.4, -0.2) is 73.9 Å². The Morgan fingerprint density at radius 1 is 1.07 bits per heavy atom. The normalized spacial score (nSPS) is 17.9. The summed E-state index contributed by atoms with van der Waals surface area (Å²) in [6.45, 7) is 12.0. The van der Waals surface area contributed by atoms with Gasteiger partial charge >= 0.3 is 6.09 Å². The molecule has 0 atom stereocenters. The molecule has 1 aromatic carbocycles. The first kappa shape index (κ1) is 21.3. The number of hydrogen-bond acceptors (Lipinski definition) is 6. The smallest absolute Gasteiger partial charge is 0.410 e. The molecule has 158 valence electrons. The summed E-state index contributed by atoms with van der Waals surface area (Å²) < 4.78 is 11.4. The van der Waals surface area contributed by atoms with Gasteiger partial charge in [-0.1, -0.05) is 0 Å². The van der Waals surface area contributed by atoms with Crippen LogP contribution in [0.2, 0.25) is 0 Å². The summed E-state index contributed by atoms with van der Waals surface area (Å²) in [5.74, 6) is 0.729. The van der Waals surface area contributed by atoms with Crippen LogP contribution in [0.4, 0.5) is 10.5 Å². The van der Waals surface area contributed by atoms with E-state index in [0.29, 0.717) is 38.3 Å². The largest absolute Gasteiger partial charge is 0.492 e. The second-order valence-electron chi connectivity index (χ2n) is 8.68. The lowest BCUT2D eigenvalue weighted by Crippen LogP contribution is -2.50. The molecule has 0 spiro atoms. The van der Waals surface area contributed by atoms with E-state index in [4.69, 9.17) is 9.47 Å². The first-order valence-corrected chi connectivity index (χ1v) is 10.5. The van der Waals surface area contributed by atoms with E-state index in [0.717, 1.165) is 31.1 Å². The highest BCUT2D eigenvalue weighted by Gasteiger charge is 2.26. The van der Waals surface area contributed by atoms with E-state index in [1.165, 1.54) is 12.8 Å². The fourth-order valence-corrected chi connectivity index (χ4v) is 3.69. The predicted molar refractivity (Wildman–Crippen MR) is 112 cm³/mol. The van der Waals surface area contributed by atoms with Crippen molar-refractivity contribution in [3.05, 3.63) is 23.8 Å². The number of likely N-dealkylation sites (tertiary alicyclic amines) is 1. The fourth-order valence-electron chi connectivity index (χ4n) is 3.69. The maximum Gasteiger partial charge on any atom is 0.410 e. The number of amides is 1. The molecule has 0 radical (unpaired) electrons. The van der Waals surface area contributed by atoms with E-state index in [1.54, 1.807) is 11.0 Å². The molecule has 1 aromatic rings. The maximum atomic E-state index is 12.3. The quantitative estimate of drug-likeness (QED) is 0.757. The number of nitrogens with zero attached hydrogens (tertiary/aromatic N) is 4. The van der Waals surface area contributed by atoms with E-state index >= 15 is 0 Å². The summed E-state index contributed by atoms with van der Waals surface area (Å²) in [5, 5.41) is 9.40. The van der Waals surface area contributed by atoms with E-state index in [2.05, 4.69) is 15.9 Å². The highest BCUT2D eigenvalue weighted by Crippen LogP contribution is 2.25. The Labute approximate surface area is 173 Å². The molecule has 2 heterocycles. The molecule has 2 fully saturated rings. The number of ether oxygens (including phenoxy) is 2. The maximum absolute atomic E-state index is 12.3. The average Bonchev–Trinajstić information content (AvgIpc) is 3.20. The first-order chi connectivity index (χ1) is 13.8. The summed E-state index contributed by atoms with van der Waals surface area (Å²) in [5.41, 5.74) is 1.06. The fraction of sp³-hybridized carbons (Fsp3) is 0.636. The Morgan fingerprint density at radius 3 is 2.38 bits per heavy atom. The highest BCUT2D eigenvalue weighted by atomic mass is 16.6. The summed E-state index contributed by atoms with van der Waals surface area (Å²) in [6.07, 6.45) is 2.26. The lowest BCUT2D eigenvalue weighted by molar-refractivity contribution is 0.0240. The molecule has 1 amide bonds. The van der Waals surface area contributed by atoms with Crippen molar-refractivity contribution in [2.24, 2.45) is 0 Å². The van der Waals surface area contributed by atoms with Crippen LogP contribution in [0.3, 0.4) is 0 Å². The Hall–Kier alpha value is -2.46. The van der Waals surface area contributed by atoms with Crippen molar-refractivity contribution in [2.75, 3.05) is 57.3 Å². The van der Waals surface area contributed by atoms with Gasteiger partial charge in [0.1, 0.15) is 18.0 Å². The Morgan fingerprint density at radius 2 is 1.76 bits per heavy atom. The second kappa shape index (κ2) is 9.36. The minimum atomic E-state index is -0.489. The monoisotopic (exact) mass is 400 g/mol. The molecule has 7 nitrogen and oxygen atoms in total. The first-order valence-electron chi connectivity index (χ1n) is 10.5. The van der Waals surface area contributed by atoms with Crippen molar-refractivity contribution in [2.45, 2.75) is 39.2 Å². The molecule has 2 saturated heterocycles. The average molecular weight is 401 g/mol. The zero-order valence-electron chi connectivity index (χ0n) is 17.8. The minimum Gasteiger partial charge on any atom is -0.492 e. The zero-order chi connectivity index (χ0) is 20.9. The molecule has 0 bridgehead atoms. The van der Waals surface area contributed by atoms with Gasteiger partial charge in [-0.15, -0.1) is 0 Å². The van der Waals surface area contributed by atoms with Crippen molar-refractivity contribution in [1.29, 1.82) is 5.26 Å². The number of hydrogen-bond donors (Lipinski definition) is 0. The molecule has 2 aliphatic heterocycles. The van der Waals surface area contributed by atoms with E-state index < -0.39 is 5.60 Å². The van der Waals surface area contributed by atoms with Crippen molar-refractivity contribution >= 4 is 11.8 Å². The molecule has 29 heavy (non-hydrogen) atoms. The van der Waals surface area contributed by atoms with Crippen molar-refractivity contribution in [1.82, 2.24) is 9.80 Å². The molecule has 2 aliphatic rings. The molecule has 0 aliphatic carbocycles. The number of piperazine rings is 1. The Kier molecular flexibility index (Phi) is 6.86. The zero-order valence-corrected chi connectivity index (χ0v) is 17.8. The van der Waals surface area contributed by atoms with Gasteiger partial charge in [0.15, 0.2) is 0 Å². The van der Waals surface area contributed by atoms with Crippen LogP contribution in [0.15, 0.2) is 18.2 Å². The van der Waals surface area contributed by atoms with Gasteiger partial charge in [-0.05, 0) is 58.8 Å². The van der Waals surface area contributed by atoms with Crippen molar-refractivity contribution < 1.29 is 14.3 Å². The van der Waals surface area contributed by atoms with Gasteiger partial charge in [-0.3, -0.25) is 4.90 Å². The van der Waals surface area contributed by atoms with Gasteiger partial charge in [0.25, 0.3) is 0 Å². The molecule has 0 aromatic heterocycles. The number of nitriles is 1. The third-order valence-electron chi connectivity index (χ3n) is 5.19. The van der Waals surface area contributed by atoms with Crippen LogP contribution in [0.1, 0.15) is 39.2 Å². The van der Waals surface area contributed by atoms with Crippen molar-refractivity contribution in [3.8, 4) is 11.8 Å². The van der Waals surface area contributed by atoms with Crippen LogP contribution in [-0.2, 0) is 4.74 Å². The summed E-state index contributed by atoms with van der Waals surface area (Å²) in [4.78, 5) is 18.6. The Bertz CT molecular complexity index is 739. The molecule has 7 heteroatoms. The number of rotatable bonds is 5. The van der Waals surface area contributed by atoms with Gasteiger partial charge in [0.2, 0.25) is 0 Å². The van der Waals surface area contributed by atoms with Gasteiger partial charge in [-0.2, -0.15) is 5.26 Å². The second-order valence-corrected chi connectivity index (χ2v) is 8.68. The standard InChI is InChI=1S/C22H32N4O3/c1-22(2,3)29-21(27)26-10-8-25(9-11-26)19-14-18(17-23)15-20(16-19)28-13-12-24-6-4-5-7-24/h14-16H,4-13H2,1-3H3. The van der Waals surface area contributed by atoms with Crippen LogP contribution in [0.5, 0.6) is 5.75 Å². The van der Waals surface area contributed by atoms with E-state index in [-0.39, 0.29) is 6.09 Å².